The molecule has 7 heteroatoms. The average Bonchev–Trinajstić information content (AvgIpc) is 2.75. The summed E-state index contributed by atoms with van der Waals surface area (Å²) < 4.78 is 46.6. The fourth-order valence-electron chi connectivity index (χ4n) is 3.01. The molecule has 1 saturated heterocycles. The van der Waals surface area contributed by atoms with Gasteiger partial charge in [0.15, 0.2) is 0 Å². The second-order valence-electron chi connectivity index (χ2n) is 5.91. The summed E-state index contributed by atoms with van der Waals surface area (Å²) in [6.45, 7) is 2.07. The molecule has 0 aromatic rings. The third-order valence-corrected chi connectivity index (χ3v) is 6.44. The number of hydrogen-bond acceptors (Lipinski definition) is 3. The van der Waals surface area contributed by atoms with Gasteiger partial charge >= 0.3 is 6.18 Å². The molecule has 1 atom stereocenters. The average molecular weight is 414 g/mol. The molecule has 0 aromatic carbocycles. The lowest BCUT2D eigenvalue weighted by Gasteiger charge is -2.39. The Labute approximate surface area is 131 Å². The van der Waals surface area contributed by atoms with Crippen molar-refractivity contribution < 1.29 is 17.9 Å². The maximum Gasteiger partial charge on any atom is 0.414 e. The van der Waals surface area contributed by atoms with Crippen LogP contribution < -0.4 is 5.32 Å². The highest BCUT2D eigenvalue weighted by atomic mass is 127. The van der Waals surface area contributed by atoms with Gasteiger partial charge in [0.05, 0.1) is 5.57 Å². The fraction of sp³-hybridized carbons (Fsp3) is 0.714. The van der Waals surface area contributed by atoms with Gasteiger partial charge in [-0.15, -0.1) is 20.7 Å². The number of aliphatic imine (C=N–C) groups is 1. The zero-order chi connectivity index (χ0) is 14.9. The van der Waals surface area contributed by atoms with Gasteiger partial charge < -0.3 is 10.1 Å². The Kier molecular flexibility index (Phi) is 4.40. The smallest absolute Gasteiger partial charge is 0.414 e. The summed E-state index contributed by atoms with van der Waals surface area (Å²) in [7, 11) is 0. The fourth-order valence-corrected chi connectivity index (χ4v) is 4.90. The molecule has 118 valence electrons. The van der Waals surface area contributed by atoms with Crippen molar-refractivity contribution in [3.63, 3.8) is 0 Å². The second-order valence-corrected chi connectivity index (χ2v) is 8.49. The maximum absolute atomic E-state index is 12.8. The van der Waals surface area contributed by atoms with Crippen LogP contribution >= 0.6 is 20.7 Å². The molecule has 0 unspecified atom stereocenters. The van der Waals surface area contributed by atoms with Crippen molar-refractivity contribution >= 4 is 30.6 Å². The zero-order valence-electron chi connectivity index (χ0n) is 11.5. The first-order valence-corrected chi connectivity index (χ1v) is 9.86. The van der Waals surface area contributed by atoms with Crippen molar-refractivity contribution in [2.45, 2.75) is 38.0 Å². The van der Waals surface area contributed by atoms with Crippen LogP contribution in [-0.2, 0) is 4.74 Å². The normalized spacial score (nSPS) is 31.3. The van der Waals surface area contributed by atoms with E-state index >= 15 is 0 Å². The van der Waals surface area contributed by atoms with Crippen LogP contribution in [0.15, 0.2) is 16.8 Å². The molecule has 21 heavy (non-hydrogen) atoms. The molecule has 2 aliphatic heterocycles. The number of alkyl halides is 4. The van der Waals surface area contributed by atoms with E-state index in [4.69, 9.17) is 4.74 Å². The van der Waals surface area contributed by atoms with Gasteiger partial charge in [0.2, 0.25) is 5.90 Å². The van der Waals surface area contributed by atoms with E-state index < -0.39 is 32.5 Å². The topological polar surface area (TPSA) is 33.6 Å². The van der Waals surface area contributed by atoms with Crippen LogP contribution in [0.4, 0.5) is 13.2 Å². The van der Waals surface area contributed by atoms with Crippen LogP contribution in [0.1, 0.15) is 25.7 Å². The third-order valence-electron chi connectivity index (χ3n) is 4.30. The standard InChI is InChI=1S/C14H18F3IN2O/c15-14(16,17)10-2-4-18-6-12(20-7-10)21-11-1-3-13(5-11)8-19-9-13/h6-7,11,19H,1-5,8-9H2/b10-7+,20-12?/t11-/m0/s1. The Morgan fingerprint density at radius 1 is 1.38 bits per heavy atom. The Bertz CT molecular complexity index is 495. The minimum atomic E-state index is -4.27. The highest BCUT2D eigenvalue weighted by Crippen LogP contribution is 2.42. The van der Waals surface area contributed by atoms with Crippen molar-refractivity contribution in [1.29, 1.82) is 0 Å². The maximum atomic E-state index is 12.8. The molecule has 1 spiro atoms. The largest absolute Gasteiger partial charge is 0.474 e. The molecule has 1 saturated carbocycles. The van der Waals surface area contributed by atoms with E-state index in [0.717, 1.165) is 38.6 Å². The zero-order valence-corrected chi connectivity index (χ0v) is 13.7. The highest BCUT2D eigenvalue weighted by Gasteiger charge is 2.44. The molecule has 0 aromatic heterocycles. The number of allylic oxidation sites excluding steroid dienone is 1. The van der Waals surface area contributed by atoms with Crippen molar-refractivity contribution in [3.05, 3.63) is 11.8 Å². The summed E-state index contributed by atoms with van der Waals surface area (Å²) in [6.07, 6.45) is -0.0502. The molecular formula is C14H18F3IN2O. The number of rotatable bonds is 1. The Morgan fingerprint density at radius 3 is 2.81 bits per heavy atom. The highest BCUT2D eigenvalue weighted by molar-refractivity contribution is 14.2. The van der Waals surface area contributed by atoms with Crippen LogP contribution in [0.2, 0.25) is 0 Å². The van der Waals surface area contributed by atoms with Crippen LogP contribution in [0, 0.1) is 5.41 Å². The van der Waals surface area contributed by atoms with E-state index in [-0.39, 0.29) is 12.5 Å². The number of nitrogens with one attached hydrogen (secondary N) is 1. The van der Waals surface area contributed by atoms with E-state index in [1.54, 1.807) is 0 Å². The molecule has 3 nitrogen and oxygen atoms in total. The van der Waals surface area contributed by atoms with Gasteiger partial charge in [0.25, 0.3) is 0 Å². The Hall–Kier alpha value is -0.440. The molecule has 1 aliphatic carbocycles. The van der Waals surface area contributed by atoms with Crippen LogP contribution in [-0.4, -0.2) is 39.7 Å². The first-order chi connectivity index (χ1) is 9.97. The van der Waals surface area contributed by atoms with Gasteiger partial charge in [-0.3, -0.25) is 0 Å². The predicted octanol–water partition coefficient (Wildman–Crippen LogP) is 3.17. The number of ether oxygens (including phenoxy) is 1. The summed E-state index contributed by atoms with van der Waals surface area (Å²) in [5, 5.41) is 3.29. The van der Waals surface area contributed by atoms with Crippen molar-refractivity contribution in [3.8, 4) is 0 Å². The van der Waals surface area contributed by atoms with Crippen LogP contribution in [0.5, 0.6) is 0 Å². The van der Waals surface area contributed by atoms with E-state index in [9.17, 15) is 13.2 Å². The first kappa shape index (κ1) is 15.5. The van der Waals surface area contributed by atoms with Gasteiger partial charge in [-0.1, -0.05) is 0 Å². The third kappa shape index (κ3) is 3.67. The van der Waals surface area contributed by atoms with Crippen molar-refractivity contribution in [2.75, 3.05) is 17.5 Å². The summed E-state index contributed by atoms with van der Waals surface area (Å²) in [4.78, 5) is 3.95. The second kappa shape index (κ2) is 5.98. The van der Waals surface area contributed by atoms with Crippen molar-refractivity contribution in [1.82, 2.24) is 5.32 Å². The summed E-state index contributed by atoms with van der Waals surface area (Å²) in [6, 6.07) is 0. The van der Waals surface area contributed by atoms with Gasteiger partial charge in [0.1, 0.15) is 6.10 Å². The molecule has 0 radical (unpaired) electrons. The lowest BCUT2D eigenvalue weighted by atomic mass is 9.80. The molecule has 3 rings (SSSR count). The monoisotopic (exact) mass is 414 g/mol. The lowest BCUT2D eigenvalue weighted by molar-refractivity contribution is -0.0935. The number of halogens is 4. The van der Waals surface area contributed by atoms with E-state index in [0.29, 0.717) is 15.7 Å². The molecule has 1 N–H and O–H groups in total. The molecule has 2 heterocycles. The van der Waals surface area contributed by atoms with Crippen LogP contribution in [0.3, 0.4) is 0 Å². The summed E-state index contributed by atoms with van der Waals surface area (Å²) in [5.41, 5.74) is -0.169. The molecule has 0 bridgehead atoms. The van der Waals surface area contributed by atoms with E-state index in [1.165, 1.54) is 0 Å². The summed E-state index contributed by atoms with van der Waals surface area (Å²) in [5.74, 6) is 0.401. The summed E-state index contributed by atoms with van der Waals surface area (Å²) >= 11 is -0.416. The lowest BCUT2D eigenvalue weighted by Crippen LogP contribution is -2.52. The minimum Gasteiger partial charge on any atom is -0.474 e. The van der Waals surface area contributed by atoms with Gasteiger partial charge in [-0.05, 0) is 35.5 Å². The predicted molar refractivity (Wildman–Crippen MR) is 85.2 cm³/mol. The van der Waals surface area contributed by atoms with E-state index in [2.05, 4.69) is 10.3 Å². The van der Waals surface area contributed by atoms with Gasteiger partial charge in [-0.2, -0.15) is 13.2 Å². The molecular weight excluding hydrogens is 396 g/mol. The SMILES string of the molecule is FC(F)(F)/C1=C/N=C(O[C@H]2CCC3(CNC3)C2)C=ICC1. The van der Waals surface area contributed by atoms with Crippen LogP contribution in [0.25, 0.3) is 0 Å². The van der Waals surface area contributed by atoms with Gasteiger partial charge in [0, 0.05) is 23.3 Å². The number of hydrogen-bond donors (Lipinski definition) is 1. The molecule has 3 aliphatic rings. The number of nitrogens with zero attached hydrogens (tertiary/aromatic N) is 1. The Morgan fingerprint density at radius 2 is 2.19 bits per heavy atom. The Balaban J connectivity index is 1.66. The van der Waals surface area contributed by atoms with Gasteiger partial charge in [-0.25, -0.2) is 4.99 Å². The molecule has 2 fully saturated rings. The minimum absolute atomic E-state index is 0.0717. The first-order valence-electron chi connectivity index (χ1n) is 7.09. The molecule has 0 amide bonds. The van der Waals surface area contributed by atoms with E-state index in [1.807, 2.05) is 4.01 Å². The van der Waals surface area contributed by atoms with Crippen molar-refractivity contribution in [2.24, 2.45) is 10.4 Å². The quantitative estimate of drug-likeness (QED) is 0.529.